The molecule has 1 aliphatic carbocycles. The summed E-state index contributed by atoms with van der Waals surface area (Å²) in [5.74, 6) is 0.371. The van der Waals surface area contributed by atoms with Crippen molar-refractivity contribution in [2.24, 2.45) is 0 Å². The minimum atomic E-state index is -0.381. The fourth-order valence-corrected chi connectivity index (χ4v) is 2.81. The summed E-state index contributed by atoms with van der Waals surface area (Å²) in [5.41, 5.74) is 0. The highest BCUT2D eigenvalue weighted by Gasteiger charge is 2.24. The van der Waals surface area contributed by atoms with Crippen molar-refractivity contribution < 1.29 is 9.90 Å². The summed E-state index contributed by atoms with van der Waals surface area (Å²) in [7, 11) is 0. The normalized spacial score (nSPS) is 23.6. The number of thioether (sulfide) groups is 1. The molecule has 2 N–H and O–H groups in total. The number of nitrogens with zero attached hydrogens (tertiary/aromatic N) is 1. The average molecular weight is 266 g/mol. The van der Waals surface area contributed by atoms with Crippen LogP contribution >= 0.6 is 11.8 Å². The molecular weight excluding hydrogens is 248 g/mol. The SMILES string of the molecule is O=C(CSc1ccncc1)N[C@H]1CCCC[C@@H]1O. The molecule has 1 aromatic heterocycles. The largest absolute Gasteiger partial charge is 0.391 e. The lowest BCUT2D eigenvalue weighted by molar-refractivity contribution is -0.120. The van der Waals surface area contributed by atoms with Crippen molar-refractivity contribution in [3.05, 3.63) is 24.5 Å². The highest BCUT2D eigenvalue weighted by Crippen LogP contribution is 2.19. The number of aliphatic hydroxyl groups is 1. The molecule has 5 heteroatoms. The summed E-state index contributed by atoms with van der Waals surface area (Å²) < 4.78 is 0. The Morgan fingerprint density at radius 3 is 2.83 bits per heavy atom. The predicted molar refractivity (Wildman–Crippen MR) is 71.4 cm³/mol. The fraction of sp³-hybridized carbons (Fsp3) is 0.538. The molecule has 1 heterocycles. The van der Waals surface area contributed by atoms with Gasteiger partial charge in [0, 0.05) is 17.3 Å². The maximum Gasteiger partial charge on any atom is 0.230 e. The maximum atomic E-state index is 11.8. The van der Waals surface area contributed by atoms with Gasteiger partial charge in [0.1, 0.15) is 0 Å². The van der Waals surface area contributed by atoms with Gasteiger partial charge in [0.05, 0.1) is 17.9 Å². The number of pyridine rings is 1. The minimum absolute atomic E-state index is 0.0113. The zero-order chi connectivity index (χ0) is 12.8. The van der Waals surface area contributed by atoms with E-state index in [9.17, 15) is 9.90 Å². The summed E-state index contributed by atoms with van der Waals surface area (Å²) in [4.78, 5) is 16.7. The van der Waals surface area contributed by atoms with E-state index in [1.165, 1.54) is 11.8 Å². The van der Waals surface area contributed by atoms with Crippen LogP contribution in [0.4, 0.5) is 0 Å². The van der Waals surface area contributed by atoms with Gasteiger partial charge in [-0.3, -0.25) is 9.78 Å². The molecule has 1 amide bonds. The second-order valence-electron chi connectivity index (χ2n) is 4.50. The van der Waals surface area contributed by atoms with Crippen LogP contribution in [-0.2, 0) is 4.79 Å². The van der Waals surface area contributed by atoms with Crippen LogP contribution in [-0.4, -0.2) is 33.9 Å². The van der Waals surface area contributed by atoms with Crippen molar-refractivity contribution in [3.63, 3.8) is 0 Å². The molecule has 0 saturated heterocycles. The lowest BCUT2D eigenvalue weighted by atomic mass is 9.93. The van der Waals surface area contributed by atoms with Crippen LogP contribution in [0.1, 0.15) is 25.7 Å². The van der Waals surface area contributed by atoms with E-state index in [-0.39, 0.29) is 18.1 Å². The third kappa shape index (κ3) is 3.99. The van der Waals surface area contributed by atoms with E-state index < -0.39 is 0 Å². The Bertz CT molecular complexity index is 386. The highest BCUT2D eigenvalue weighted by molar-refractivity contribution is 8.00. The zero-order valence-corrected chi connectivity index (χ0v) is 11.0. The molecule has 98 valence electrons. The molecular formula is C13H18N2O2S. The van der Waals surface area contributed by atoms with E-state index in [1.807, 2.05) is 12.1 Å². The molecule has 0 unspecified atom stereocenters. The molecule has 4 nitrogen and oxygen atoms in total. The predicted octanol–water partition coefficient (Wildman–Crippen LogP) is 1.59. The Hall–Kier alpha value is -1.07. The van der Waals surface area contributed by atoms with Crippen LogP contribution in [0, 0.1) is 0 Å². The van der Waals surface area contributed by atoms with E-state index in [4.69, 9.17) is 0 Å². The Balaban J connectivity index is 1.75. The second-order valence-corrected chi connectivity index (χ2v) is 5.55. The van der Waals surface area contributed by atoms with Gasteiger partial charge in [-0.05, 0) is 25.0 Å². The Morgan fingerprint density at radius 2 is 2.11 bits per heavy atom. The summed E-state index contributed by atoms with van der Waals surface area (Å²) in [6.07, 6.45) is 6.86. The van der Waals surface area contributed by atoms with Crippen molar-refractivity contribution >= 4 is 17.7 Å². The Labute approximate surface area is 111 Å². The lowest BCUT2D eigenvalue weighted by Crippen LogP contribution is -2.45. The summed E-state index contributed by atoms with van der Waals surface area (Å²) in [6.45, 7) is 0. The number of amides is 1. The van der Waals surface area contributed by atoms with Gasteiger partial charge >= 0.3 is 0 Å². The smallest absolute Gasteiger partial charge is 0.230 e. The number of nitrogens with one attached hydrogen (secondary N) is 1. The van der Waals surface area contributed by atoms with E-state index in [1.54, 1.807) is 12.4 Å². The molecule has 1 saturated carbocycles. The lowest BCUT2D eigenvalue weighted by Gasteiger charge is -2.28. The molecule has 2 rings (SSSR count). The monoisotopic (exact) mass is 266 g/mol. The number of rotatable bonds is 4. The van der Waals surface area contributed by atoms with E-state index in [0.29, 0.717) is 5.75 Å². The van der Waals surface area contributed by atoms with Gasteiger partial charge in [0.15, 0.2) is 0 Å². The average Bonchev–Trinajstić information content (AvgIpc) is 2.40. The molecule has 0 radical (unpaired) electrons. The summed E-state index contributed by atoms with van der Waals surface area (Å²) in [5, 5.41) is 12.7. The quantitative estimate of drug-likeness (QED) is 0.813. The molecule has 1 aromatic rings. The van der Waals surface area contributed by atoms with Crippen LogP contribution < -0.4 is 5.32 Å². The fourth-order valence-electron chi connectivity index (χ4n) is 2.11. The standard InChI is InChI=1S/C13H18N2O2S/c16-12-4-2-1-3-11(12)15-13(17)9-18-10-5-7-14-8-6-10/h5-8,11-12,16H,1-4,9H2,(H,15,17)/t11-,12-/m0/s1. The minimum Gasteiger partial charge on any atom is -0.391 e. The van der Waals surface area contributed by atoms with Gasteiger partial charge in [-0.15, -0.1) is 11.8 Å². The van der Waals surface area contributed by atoms with Gasteiger partial charge in [0.2, 0.25) is 5.91 Å². The van der Waals surface area contributed by atoms with E-state index in [2.05, 4.69) is 10.3 Å². The van der Waals surface area contributed by atoms with Gasteiger partial charge in [0.25, 0.3) is 0 Å². The number of carbonyl (C=O) groups excluding carboxylic acids is 1. The van der Waals surface area contributed by atoms with Gasteiger partial charge < -0.3 is 10.4 Å². The topological polar surface area (TPSA) is 62.2 Å². The van der Waals surface area contributed by atoms with Crippen molar-refractivity contribution in [3.8, 4) is 0 Å². The molecule has 1 fully saturated rings. The first-order valence-electron chi connectivity index (χ1n) is 6.26. The molecule has 0 spiro atoms. The first-order valence-corrected chi connectivity index (χ1v) is 7.24. The van der Waals surface area contributed by atoms with E-state index >= 15 is 0 Å². The number of carbonyl (C=O) groups is 1. The van der Waals surface area contributed by atoms with Crippen molar-refractivity contribution in [1.29, 1.82) is 0 Å². The Morgan fingerprint density at radius 1 is 1.39 bits per heavy atom. The molecule has 0 bridgehead atoms. The number of aromatic nitrogens is 1. The number of aliphatic hydroxyl groups excluding tert-OH is 1. The third-order valence-electron chi connectivity index (χ3n) is 3.10. The molecule has 18 heavy (non-hydrogen) atoms. The van der Waals surface area contributed by atoms with Crippen LogP contribution in [0.15, 0.2) is 29.4 Å². The number of hydrogen-bond donors (Lipinski definition) is 2. The van der Waals surface area contributed by atoms with Crippen LogP contribution in [0.5, 0.6) is 0 Å². The van der Waals surface area contributed by atoms with Gasteiger partial charge in [-0.2, -0.15) is 0 Å². The molecule has 1 aliphatic rings. The van der Waals surface area contributed by atoms with Crippen LogP contribution in [0.25, 0.3) is 0 Å². The van der Waals surface area contributed by atoms with Gasteiger partial charge in [-0.1, -0.05) is 12.8 Å². The second kappa shape index (κ2) is 6.75. The summed E-state index contributed by atoms with van der Waals surface area (Å²) in [6, 6.07) is 3.70. The van der Waals surface area contributed by atoms with Crippen molar-refractivity contribution in [2.45, 2.75) is 42.7 Å². The van der Waals surface area contributed by atoms with E-state index in [0.717, 1.165) is 30.6 Å². The molecule has 0 aromatic carbocycles. The Kier molecular flexibility index (Phi) is 5.01. The van der Waals surface area contributed by atoms with Crippen LogP contribution in [0.2, 0.25) is 0 Å². The maximum absolute atomic E-state index is 11.8. The third-order valence-corrected chi connectivity index (χ3v) is 4.11. The van der Waals surface area contributed by atoms with Crippen LogP contribution in [0.3, 0.4) is 0 Å². The first-order chi connectivity index (χ1) is 8.75. The molecule has 2 atom stereocenters. The number of hydrogen-bond acceptors (Lipinski definition) is 4. The van der Waals surface area contributed by atoms with Crippen molar-refractivity contribution in [2.75, 3.05) is 5.75 Å². The molecule has 0 aliphatic heterocycles. The zero-order valence-electron chi connectivity index (χ0n) is 10.2. The summed E-state index contributed by atoms with van der Waals surface area (Å²) >= 11 is 1.48. The highest BCUT2D eigenvalue weighted by atomic mass is 32.2. The van der Waals surface area contributed by atoms with Gasteiger partial charge in [-0.25, -0.2) is 0 Å². The first kappa shape index (κ1) is 13.4. The van der Waals surface area contributed by atoms with Crippen molar-refractivity contribution in [1.82, 2.24) is 10.3 Å².